The molecule has 0 radical (unpaired) electrons. The Balaban J connectivity index is 1.45. The van der Waals surface area contributed by atoms with E-state index >= 15 is 0 Å². The summed E-state index contributed by atoms with van der Waals surface area (Å²) >= 11 is 3.33. The molecule has 2 aromatic heterocycles. The molecule has 4 aromatic rings. The van der Waals surface area contributed by atoms with Gasteiger partial charge in [0.2, 0.25) is 0 Å². The Morgan fingerprint density at radius 2 is 1.81 bits per heavy atom. The number of rotatable bonds is 6. The predicted molar refractivity (Wildman–Crippen MR) is 124 cm³/mol. The number of thioether (sulfide) groups is 1. The van der Waals surface area contributed by atoms with Gasteiger partial charge in [-0.2, -0.15) is 0 Å². The van der Waals surface area contributed by atoms with E-state index in [4.69, 9.17) is 4.98 Å². The molecule has 5 rings (SSSR count). The monoisotopic (exact) mass is 453 g/mol. The molecule has 2 aromatic carbocycles. The minimum atomic E-state index is -0.244. The zero-order valence-corrected chi connectivity index (χ0v) is 19.0. The summed E-state index contributed by atoms with van der Waals surface area (Å²) in [6.45, 7) is 4.34. The molecule has 0 amide bonds. The van der Waals surface area contributed by atoms with Crippen LogP contribution in [-0.4, -0.2) is 37.7 Å². The second kappa shape index (κ2) is 9.06. The van der Waals surface area contributed by atoms with Gasteiger partial charge in [-0.1, -0.05) is 30.3 Å². The highest BCUT2D eigenvalue weighted by molar-refractivity contribution is 7.98. The number of nitrogens with zero attached hydrogens (tertiary/aromatic N) is 5. The lowest BCUT2D eigenvalue weighted by molar-refractivity contribution is 0.167. The van der Waals surface area contributed by atoms with Crippen LogP contribution in [-0.2, 0) is 5.75 Å². The lowest BCUT2D eigenvalue weighted by atomic mass is 10.1. The Kier molecular flexibility index (Phi) is 6.02. The minimum Gasteiger partial charge on any atom is -0.294 e. The largest absolute Gasteiger partial charge is 0.294 e. The Bertz CT molecular complexity index is 1130. The fraction of sp³-hybridized carbons (Fsp3) is 0.348. The minimum absolute atomic E-state index is 0.148. The third-order valence-electron chi connectivity index (χ3n) is 5.72. The van der Waals surface area contributed by atoms with E-state index in [1.807, 2.05) is 18.2 Å². The quantitative estimate of drug-likeness (QED) is 0.343. The Labute approximate surface area is 189 Å². The van der Waals surface area contributed by atoms with Crippen LogP contribution in [0.15, 0.2) is 53.7 Å². The SMILES string of the molecule is C[C@H](c1nnc(SCc2nc3ccccc3s2)n1-c1ccc(F)cc1)N1CCCCC1. The standard InChI is InChI=1S/C23H24FN5S2/c1-16(28-13-5-2-6-14-28)22-26-27-23(29(22)18-11-9-17(24)10-12-18)30-15-21-25-19-7-3-4-8-20(19)31-21/h3-4,7-12,16H,2,5-6,13-15H2,1H3/t16-/m1/s1. The van der Waals surface area contributed by atoms with Crippen molar-refractivity contribution >= 4 is 33.3 Å². The van der Waals surface area contributed by atoms with E-state index in [1.54, 1.807) is 35.2 Å². The number of aromatic nitrogens is 4. The van der Waals surface area contributed by atoms with Crippen molar-refractivity contribution in [1.29, 1.82) is 0 Å². The summed E-state index contributed by atoms with van der Waals surface area (Å²) in [6.07, 6.45) is 3.72. The van der Waals surface area contributed by atoms with Crippen LogP contribution in [0.3, 0.4) is 0 Å². The number of halogens is 1. The molecule has 1 fully saturated rings. The fourth-order valence-corrected chi connectivity index (χ4v) is 5.97. The van der Waals surface area contributed by atoms with Gasteiger partial charge in [0.25, 0.3) is 0 Å². The van der Waals surface area contributed by atoms with Crippen molar-refractivity contribution < 1.29 is 4.39 Å². The number of benzene rings is 2. The summed E-state index contributed by atoms with van der Waals surface area (Å²) in [7, 11) is 0. The van der Waals surface area contributed by atoms with Crippen molar-refractivity contribution in [1.82, 2.24) is 24.6 Å². The van der Waals surface area contributed by atoms with Crippen LogP contribution in [0, 0.1) is 5.82 Å². The molecule has 0 bridgehead atoms. The molecule has 1 atom stereocenters. The normalized spacial score (nSPS) is 16.1. The van der Waals surface area contributed by atoms with Gasteiger partial charge >= 0.3 is 0 Å². The molecule has 0 unspecified atom stereocenters. The maximum atomic E-state index is 13.6. The average Bonchev–Trinajstić information content (AvgIpc) is 3.42. The number of likely N-dealkylation sites (tertiary alicyclic amines) is 1. The second-order valence-electron chi connectivity index (χ2n) is 7.79. The summed E-state index contributed by atoms with van der Waals surface area (Å²) in [5.41, 5.74) is 1.92. The number of piperidine rings is 1. The molecule has 1 aliphatic heterocycles. The van der Waals surface area contributed by atoms with Gasteiger partial charge in [-0.25, -0.2) is 9.37 Å². The maximum absolute atomic E-state index is 13.6. The summed E-state index contributed by atoms with van der Waals surface area (Å²) in [5, 5.41) is 11.0. The zero-order chi connectivity index (χ0) is 21.2. The molecule has 8 heteroatoms. The first kappa shape index (κ1) is 20.6. The molecular formula is C23H24FN5S2. The summed E-state index contributed by atoms with van der Waals surface area (Å²) in [4.78, 5) is 7.21. The number of hydrogen-bond acceptors (Lipinski definition) is 6. The lowest BCUT2D eigenvalue weighted by Crippen LogP contribution is -2.33. The van der Waals surface area contributed by atoms with Crippen LogP contribution in [0.2, 0.25) is 0 Å². The smallest absolute Gasteiger partial charge is 0.196 e. The molecule has 3 heterocycles. The van der Waals surface area contributed by atoms with Gasteiger partial charge in [-0.3, -0.25) is 9.47 Å². The van der Waals surface area contributed by atoms with Gasteiger partial charge in [-0.15, -0.1) is 21.5 Å². The van der Waals surface area contributed by atoms with E-state index in [9.17, 15) is 4.39 Å². The Hall–Kier alpha value is -2.29. The van der Waals surface area contributed by atoms with Crippen molar-refractivity contribution in [2.45, 2.75) is 43.1 Å². The molecule has 0 spiro atoms. The van der Waals surface area contributed by atoms with Gasteiger partial charge in [0.1, 0.15) is 10.8 Å². The van der Waals surface area contributed by atoms with Gasteiger partial charge in [-0.05, 0) is 69.3 Å². The number of thiazole rings is 1. The number of para-hydroxylation sites is 1. The lowest BCUT2D eigenvalue weighted by Gasteiger charge is -2.31. The highest BCUT2D eigenvalue weighted by Gasteiger charge is 2.25. The molecule has 1 aliphatic rings. The van der Waals surface area contributed by atoms with Crippen LogP contribution in [0.4, 0.5) is 4.39 Å². The van der Waals surface area contributed by atoms with Gasteiger partial charge in [0, 0.05) is 5.69 Å². The summed E-state index contributed by atoms with van der Waals surface area (Å²) in [5.74, 6) is 1.38. The highest BCUT2D eigenvalue weighted by Crippen LogP contribution is 2.32. The molecule has 160 valence electrons. The Morgan fingerprint density at radius 3 is 2.58 bits per heavy atom. The molecule has 0 aliphatic carbocycles. The van der Waals surface area contributed by atoms with E-state index in [0.29, 0.717) is 0 Å². The Morgan fingerprint density at radius 1 is 1.03 bits per heavy atom. The van der Waals surface area contributed by atoms with Crippen molar-refractivity contribution in [3.8, 4) is 5.69 Å². The summed E-state index contributed by atoms with van der Waals surface area (Å²) < 4.78 is 16.9. The average molecular weight is 454 g/mol. The van der Waals surface area contributed by atoms with Gasteiger partial charge in [0.05, 0.1) is 22.0 Å². The van der Waals surface area contributed by atoms with Gasteiger partial charge < -0.3 is 0 Å². The predicted octanol–water partition coefficient (Wildman–Crippen LogP) is 5.86. The van der Waals surface area contributed by atoms with Crippen molar-refractivity contribution in [3.05, 3.63) is 65.2 Å². The molecule has 31 heavy (non-hydrogen) atoms. The highest BCUT2D eigenvalue weighted by atomic mass is 32.2. The molecule has 0 saturated carbocycles. The topological polar surface area (TPSA) is 46.8 Å². The molecular weight excluding hydrogens is 429 g/mol. The first-order valence-corrected chi connectivity index (χ1v) is 12.4. The second-order valence-corrected chi connectivity index (χ2v) is 9.85. The van der Waals surface area contributed by atoms with E-state index in [1.165, 1.54) is 36.1 Å². The third kappa shape index (κ3) is 4.37. The van der Waals surface area contributed by atoms with Crippen LogP contribution < -0.4 is 0 Å². The van der Waals surface area contributed by atoms with E-state index in [0.717, 1.165) is 46.0 Å². The zero-order valence-electron chi connectivity index (χ0n) is 17.4. The number of hydrogen-bond donors (Lipinski definition) is 0. The third-order valence-corrected chi connectivity index (χ3v) is 7.88. The van der Waals surface area contributed by atoms with Crippen LogP contribution in [0.5, 0.6) is 0 Å². The van der Waals surface area contributed by atoms with Crippen LogP contribution in [0.25, 0.3) is 15.9 Å². The van der Waals surface area contributed by atoms with Crippen molar-refractivity contribution in [2.75, 3.05) is 13.1 Å². The van der Waals surface area contributed by atoms with E-state index in [2.05, 4.69) is 32.7 Å². The van der Waals surface area contributed by atoms with Crippen molar-refractivity contribution in [2.24, 2.45) is 0 Å². The molecule has 1 saturated heterocycles. The molecule has 0 N–H and O–H groups in total. The van der Waals surface area contributed by atoms with E-state index in [-0.39, 0.29) is 11.9 Å². The van der Waals surface area contributed by atoms with E-state index < -0.39 is 0 Å². The first-order valence-electron chi connectivity index (χ1n) is 10.6. The summed E-state index contributed by atoms with van der Waals surface area (Å²) in [6, 6.07) is 14.9. The van der Waals surface area contributed by atoms with Crippen LogP contribution >= 0.6 is 23.1 Å². The molecule has 5 nitrogen and oxygen atoms in total. The fourth-order valence-electron chi connectivity index (χ4n) is 4.06. The first-order chi connectivity index (χ1) is 15.2. The number of fused-ring (bicyclic) bond motifs is 1. The van der Waals surface area contributed by atoms with Gasteiger partial charge in [0.15, 0.2) is 11.0 Å². The maximum Gasteiger partial charge on any atom is 0.196 e. The van der Waals surface area contributed by atoms with Crippen LogP contribution in [0.1, 0.15) is 43.1 Å². The van der Waals surface area contributed by atoms with Crippen molar-refractivity contribution in [3.63, 3.8) is 0 Å².